The molecule has 0 radical (unpaired) electrons. The molecule has 0 atom stereocenters. The third-order valence-corrected chi connectivity index (χ3v) is 12.9. The third-order valence-electron chi connectivity index (χ3n) is 12.9. The van der Waals surface area contributed by atoms with E-state index in [0.717, 1.165) is 11.4 Å². The van der Waals surface area contributed by atoms with E-state index in [1.807, 2.05) is 0 Å². The second-order valence-corrected chi connectivity index (χ2v) is 16.1. The molecule has 0 bridgehead atoms. The first-order chi connectivity index (χ1) is 29.3. The van der Waals surface area contributed by atoms with Crippen molar-refractivity contribution in [1.29, 1.82) is 0 Å². The highest BCUT2D eigenvalue weighted by molar-refractivity contribution is 7.00. The first kappa shape index (κ1) is 32.5. The number of rotatable bonds is 3. The molecule has 0 saturated heterocycles. The predicted octanol–water partition coefficient (Wildman–Crippen LogP) is 13.2. The van der Waals surface area contributed by atoms with E-state index in [2.05, 4.69) is 222 Å². The molecule has 3 heteroatoms. The van der Waals surface area contributed by atoms with E-state index in [0.29, 0.717) is 0 Å². The van der Waals surface area contributed by atoms with Gasteiger partial charge in [-0.15, -0.1) is 0 Å². The molecule has 0 unspecified atom stereocenters. The minimum absolute atomic E-state index is 0.0155. The maximum atomic E-state index is 2.54. The van der Waals surface area contributed by atoms with Crippen LogP contribution in [-0.2, 0) is 0 Å². The summed E-state index contributed by atoms with van der Waals surface area (Å²) >= 11 is 0. The van der Waals surface area contributed by atoms with Crippen LogP contribution in [0.2, 0.25) is 0 Å². The Labute approximate surface area is 342 Å². The van der Waals surface area contributed by atoms with Gasteiger partial charge in [-0.1, -0.05) is 164 Å². The van der Waals surface area contributed by atoms with Crippen molar-refractivity contribution in [3.8, 4) is 11.1 Å². The lowest BCUT2D eigenvalue weighted by Crippen LogP contribution is -2.61. The van der Waals surface area contributed by atoms with E-state index >= 15 is 0 Å². The second-order valence-electron chi connectivity index (χ2n) is 16.1. The van der Waals surface area contributed by atoms with Crippen molar-refractivity contribution in [2.45, 2.75) is 0 Å². The fraction of sp³-hybridized carbons (Fsp3) is 0. The van der Waals surface area contributed by atoms with E-state index in [4.69, 9.17) is 0 Å². The standard InChI is InChI=1S/C56H35BN2/c1-3-18-42(19-4-1)58-52-34-48-39(28-26-37-15-8-11-23-45(37)48)30-50(52)57-51-31-40-29-27-38-16-9-12-24-46(38)49(40)35-53(51)59(43-20-5-2-6-21-43)55-33-41(32-54(58)56(55)57)47-25-13-17-36-14-7-10-22-44(36)47/h1-35H. The molecule has 13 rings (SSSR count). The molecule has 0 spiro atoms. The van der Waals surface area contributed by atoms with Crippen molar-refractivity contribution >= 4 is 111 Å². The SMILES string of the molecule is c1ccc(N2c3cc4c(ccc5ccccc54)cc3B3c4cc5ccc6ccccc6c5cc4N(c4ccccc4)c4cc(-c5cccc6ccccc56)cc2c43)cc1. The van der Waals surface area contributed by atoms with Crippen LogP contribution in [0.1, 0.15) is 0 Å². The summed E-state index contributed by atoms with van der Waals surface area (Å²) in [6.07, 6.45) is 0. The topological polar surface area (TPSA) is 6.48 Å². The van der Waals surface area contributed by atoms with Gasteiger partial charge in [-0.2, -0.15) is 0 Å². The van der Waals surface area contributed by atoms with Crippen molar-refractivity contribution < 1.29 is 0 Å². The van der Waals surface area contributed by atoms with Crippen molar-refractivity contribution in [3.63, 3.8) is 0 Å². The first-order valence-electron chi connectivity index (χ1n) is 20.5. The molecule has 2 nitrogen and oxygen atoms in total. The minimum Gasteiger partial charge on any atom is -0.311 e. The molecule has 2 aliphatic heterocycles. The van der Waals surface area contributed by atoms with Crippen LogP contribution in [-0.4, -0.2) is 6.71 Å². The number of para-hydroxylation sites is 2. The summed E-state index contributed by atoms with van der Waals surface area (Å²) in [7, 11) is 0. The third kappa shape index (κ3) is 4.76. The van der Waals surface area contributed by atoms with Gasteiger partial charge in [0.1, 0.15) is 0 Å². The highest BCUT2D eigenvalue weighted by Crippen LogP contribution is 2.48. The van der Waals surface area contributed by atoms with E-state index in [9.17, 15) is 0 Å². The Kier molecular flexibility index (Phi) is 6.85. The Balaban J connectivity index is 1.21. The zero-order valence-electron chi connectivity index (χ0n) is 32.2. The van der Waals surface area contributed by atoms with Crippen LogP contribution in [0.3, 0.4) is 0 Å². The molecule has 272 valence electrons. The average molecular weight is 747 g/mol. The monoisotopic (exact) mass is 746 g/mol. The smallest absolute Gasteiger partial charge is 0.252 e. The number of benzene rings is 11. The average Bonchev–Trinajstić information content (AvgIpc) is 3.30. The molecular formula is C56H35BN2. The Morgan fingerprint density at radius 3 is 1.24 bits per heavy atom. The van der Waals surface area contributed by atoms with Crippen molar-refractivity contribution in [3.05, 3.63) is 212 Å². The van der Waals surface area contributed by atoms with Gasteiger partial charge in [0, 0.05) is 34.1 Å². The first-order valence-corrected chi connectivity index (χ1v) is 20.5. The number of hydrogen-bond acceptors (Lipinski definition) is 2. The van der Waals surface area contributed by atoms with Crippen LogP contribution in [0.5, 0.6) is 0 Å². The lowest BCUT2D eigenvalue weighted by Gasteiger charge is -2.44. The van der Waals surface area contributed by atoms with Crippen molar-refractivity contribution in [2.24, 2.45) is 0 Å². The van der Waals surface area contributed by atoms with Gasteiger partial charge in [0.15, 0.2) is 0 Å². The Bertz CT molecular complexity index is 3330. The Morgan fingerprint density at radius 2 is 0.712 bits per heavy atom. The van der Waals surface area contributed by atoms with E-state index < -0.39 is 0 Å². The fourth-order valence-corrected chi connectivity index (χ4v) is 10.3. The summed E-state index contributed by atoms with van der Waals surface area (Å²) in [5, 5.41) is 12.6. The quantitative estimate of drug-likeness (QED) is 0.131. The summed E-state index contributed by atoms with van der Waals surface area (Å²) in [4.78, 5) is 5.09. The number of nitrogens with zero attached hydrogens (tertiary/aromatic N) is 2. The van der Waals surface area contributed by atoms with E-state index in [1.165, 1.54) is 104 Å². The fourth-order valence-electron chi connectivity index (χ4n) is 10.3. The van der Waals surface area contributed by atoms with Gasteiger partial charge in [0.25, 0.3) is 6.71 Å². The number of fused-ring (bicyclic) bond motifs is 11. The van der Waals surface area contributed by atoms with Crippen molar-refractivity contribution in [2.75, 3.05) is 9.80 Å². The summed E-state index contributed by atoms with van der Waals surface area (Å²) in [5.74, 6) is 0. The molecule has 0 saturated carbocycles. The van der Waals surface area contributed by atoms with E-state index in [-0.39, 0.29) is 6.71 Å². The van der Waals surface area contributed by atoms with Gasteiger partial charge in [-0.05, 0) is 130 Å². The van der Waals surface area contributed by atoms with Crippen LogP contribution in [0.15, 0.2) is 212 Å². The molecule has 11 aromatic rings. The molecule has 59 heavy (non-hydrogen) atoms. The summed E-state index contributed by atoms with van der Waals surface area (Å²) in [6, 6.07) is 79.2. The molecular weight excluding hydrogens is 711 g/mol. The van der Waals surface area contributed by atoms with Crippen LogP contribution < -0.4 is 26.2 Å². The maximum Gasteiger partial charge on any atom is 0.252 e. The van der Waals surface area contributed by atoms with Gasteiger partial charge in [-0.3, -0.25) is 0 Å². The second kappa shape index (κ2) is 12.4. The van der Waals surface area contributed by atoms with Gasteiger partial charge in [-0.25, -0.2) is 0 Å². The molecule has 0 N–H and O–H groups in total. The van der Waals surface area contributed by atoms with Crippen molar-refractivity contribution in [1.82, 2.24) is 0 Å². The normalized spacial score (nSPS) is 13.0. The summed E-state index contributed by atoms with van der Waals surface area (Å²) in [5.41, 5.74) is 13.5. The highest BCUT2D eigenvalue weighted by Gasteiger charge is 2.44. The summed E-state index contributed by atoms with van der Waals surface area (Å²) < 4.78 is 0. The molecule has 2 aliphatic rings. The molecule has 0 amide bonds. The van der Waals surface area contributed by atoms with Crippen LogP contribution in [0.25, 0.3) is 65.0 Å². The Hall–Kier alpha value is -7.62. The summed E-state index contributed by atoms with van der Waals surface area (Å²) in [6.45, 7) is -0.0155. The molecule has 0 aromatic heterocycles. The van der Waals surface area contributed by atoms with Gasteiger partial charge < -0.3 is 9.80 Å². The van der Waals surface area contributed by atoms with Gasteiger partial charge in [0.05, 0.1) is 0 Å². The highest BCUT2D eigenvalue weighted by atomic mass is 15.2. The molecule has 0 aliphatic carbocycles. The van der Waals surface area contributed by atoms with Crippen LogP contribution >= 0.6 is 0 Å². The molecule has 2 heterocycles. The number of anilines is 6. The number of hydrogen-bond donors (Lipinski definition) is 0. The zero-order chi connectivity index (χ0) is 38.6. The van der Waals surface area contributed by atoms with Gasteiger partial charge in [0.2, 0.25) is 0 Å². The maximum absolute atomic E-state index is 2.54. The van der Waals surface area contributed by atoms with Gasteiger partial charge >= 0.3 is 0 Å². The van der Waals surface area contributed by atoms with Crippen LogP contribution in [0, 0.1) is 0 Å². The Morgan fingerprint density at radius 1 is 0.288 bits per heavy atom. The largest absolute Gasteiger partial charge is 0.311 e. The molecule has 11 aromatic carbocycles. The molecule has 0 fully saturated rings. The lowest BCUT2D eigenvalue weighted by molar-refractivity contribution is 1.26. The minimum atomic E-state index is -0.0155. The van der Waals surface area contributed by atoms with Crippen LogP contribution in [0.4, 0.5) is 34.1 Å². The lowest BCUT2D eigenvalue weighted by atomic mass is 9.33. The predicted molar refractivity (Wildman–Crippen MR) is 253 cm³/mol. The zero-order valence-corrected chi connectivity index (χ0v) is 32.2. The van der Waals surface area contributed by atoms with E-state index in [1.54, 1.807) is 0 Å².